The summed E-state index contributed by atoms with van der Waals surface area (Å²) in [4.78, 5) is 10.3. The lowest BCUT2D eigenvalue weighted by Crippen LogP contribution is -2.26. The third-order valence-corrected chi connectivity index (χ3v) is 3.74. The molecule has 0 radical (unpaired) electrons. The summed E-state index contributed by atoms with van der Waals surface area (Å²) in [7, 11) is 0. The van der Waals surface area contributed by atoms with Gasteiger partial charge in [-0.15, -0.1) is 0 Å². The van der Waals surface area contributed by atoms with E-state index in [1.165, 1.54) is 6.33 Å². The summed E-state index contributed by atoms with van der Waals surface area (Å²) in [6.45, 7) is -0.256. The van der Waals surface area contributed by atoms with Gasteiger partial charge in [-0.2, -0.15) is 8.78 Å². The maximum atomic E-state index is 12.3. The van der Waals surface area contributed by atoms with Crippen LogP contribution in [0.5, 0.6) is 5.75 Å². The van der Waals surface area contributed by atoms with E-state index in [0.29, 0.717) is 12.6 Å². The molecule has 7 heteroatoms. The van der Waals surface area contributed by atoms with Crippen LogP contribution >= 0.6 is 0 Å². The van der Waals surface area contributed by atoms with Crippen molar-refractivity contribution >= 4 is 5.82 Å². The summed E-state index contributed by atoms with van der Waals surface area (Å²) in [5.74, 6) is 1.02. The first kappa shape index (κ1) is 15.6. The fourth-order valence-corrected chi connectivity index (χ4v) is 2.76. The molecule has 0 saturated carbocycles. The summed E-state index contributed by atoms with van der Waals surface area (Å²) < 4.78 is 29.0. The van der Waals surface area contributed by atoms with Crippen LogP contribution in [0.3, 0.4) is 0 Å². The number of rotatable bonds is 6. The Morgan fingerprint density at radius 2 is 2.26 bits per heavy atom. The van der Waals surface area contributed by atoms with Crippen LogP contribution in [0.1, 0.15) is 12.0 Å². The van der Waals surface area contributed by atoms with Crippen molar-refractivity contribution < 1.29 is 13.5 Å². The second-order valence-corrected chi connectivity index (χ2v) is 5.49. The highest BCUT2D eigenvalue weighted by Crippen LogP contribution is 2.20. The Morgan fingerprint density at radius 1 is 1.35 bits per heavy atom. The summed E-state index contributed by atoms with van der Waals surface area (Å²) in [5, 5.41) is 3.38. The van der Waals surface area contributed by atoms with Crippen LogP contribution in [0.4, 0.5) is 14.6 Å². The molecule has 0 amide bonds. The second kappa shape index (κ2) is 7.32. The van der Waals surface area contributed by atoms with Gasteiger partial charge < -0.3 is 10.1 Å². The number of hydrogen-bond acceptors (Lipinski definition) is 5. The highest BCUT2D eigenvalue weighted by Gasteiger charge is 2.22. The predicted octanol–water partition coefficient (Wildman–Crippen LogP) is 2.76. The third-order valence-electron chi connectivity index (χ3n) is 3.74. The molecule has 23 heavy (non-hydrogen) atoms. The van der Waals surface area contributed by atoms with Crippen molar-refractivity contribution in [1.82, 2.24) is 14.9 Å². The van der Waals surface area contributed by atoms with Gasteiger partial charge in [-0.25, -0.2) is 9.97 Å². The molecule has 1 unspecified atom stereocenters. The first-order valence-electron chi connectivity index (χ1n) is 7.48. The van der Waals surface area contributed by atoms with E-state index in [1.807, 2.05) is 12.1 Å². The number of benzene rings is 1. The SMILES string of the molecule is FC(F)Oc1cccc(CN2CCC(Nc3ccncn3)C2)c1. The van der Waals surface area contributed by atoms with Crippen molar-refractivity contribution in [2.24, 2.45) is 0 Å². The molecule has 1 N–H and O–H groups in total. The molecule has 1 aromatic heterocycles. The second-order valence-electron chi connectivity index (χ2n) is 5.49. The Labute approximate surface area is 133 Å². The highest BCUT2D eigenvalue weighted by atomic mass is 19.3. The number of halogens is 2. The van der Waals surface area contributed by atoms with Crippen LogP contribution < -0.4 is 10.1 Å². The van der Waals surface area contributed by atoms with Crippen LogP contribution in [0, 0.1) is 0 Å². The molecule has 1 aromatic carbocycles. The van der Waals surface area contributed by atoms with E-state index < -0.39 is 6.61 Å². The number of alkyl halides is 2. The molecular formula is C16H18F2N4O. The van der Waals surface area contributed by atoms with E-state index in [9.17, 15) is 8.78 Å². The van der Waals surface area contributed by atoms with Crippen molar-refractivity contribution in [2.75, 3.05) is 18.4 Å². The topological polar surface area (TPSA) is 50.3 Å². The zero-order valence-electron chi connectivity index (χ0n) is 12.5. The number of aromatic nitrogens is 2. The third kappa shape index (κ3) is 4.59. The molecule has 1 aliphatic heterocycles. The molecule has 0 spiro atoms. The number of hydrogen-bond donors (Lipinski definition) is 1. The summed E-state index contributed by atoms with van der Waals surface area (Å²) >= 11 is 0. The molecule has 0 bridgehead atoms. The lowest BCUT2D eigenvalue weighted by molar-refractivity contribution is -0.0499. The van der Waals surface area contributed by atoms with Crippen molar-refractivity contribution in [3.05, 3.63) is 48.4 Å². The van der Waals surface area contributed by atoms with Crippen LogP contribution in [0.2, 0.25) is 0 Å². The van der Waals surface area contributed by atoms with Gasteiger partial charge in [-0.05, 0) is 30.2 Å². The van der Waals surface area contributed by atoms with Crippen molar-refractivity contribution in [2.45, 2.75) is 25.6 Å². The normalized spacial score (nSPS) is 18.3. The first-order chi connectivity index (χ1) is 11.2. The molecule has 1 fully saturated rings. The van der Waals surface area contributed by atoms with E-state index in [0.717, 1.165) is 30.9 Å². The van der Waals surface area contributed by atoms with Crippen LogP contribution in [-0.2, 0) is 6.54 Å². The summed E-state index contributed by atoms with van der Waals surface area (Å²) in [5.41, 5.74) is 0.964. The summed E-state index contributed by atoms with van der Waals surface area (Å²) in [6.07, 6.45) is 4.23. The van der Waals surface area contributed by atoms with Gasteiger partial charge in [0.25, 0.3) is 0 Å². The van der Waals surface area contributed by atoms with Crippen molar-refractivity contribution in [1.29, 1.82) is 0 Å². The van der Waals surface area contributed by atoms with Gasteiger partial charge in [0, 0.05) is 31.9 Å². The monoisotopic (exact) mass is 320 g/mol. The van der Waals surface area contributed by atoms with E-state index >= 15 is 0 Å². The van der Waals surface area contributed by atoms with E-state index in [2.05, 4.69) is 24.9 Å². The van der Waals surface area contributed by atoms with Crippen molar-refractivity contribution in [3.8, 4) is 5.75 Å². The maximum absolute atomic E-state index is 12.3. The number of ether oxygens (including phenoxy) is 1. The molecule has 122 valence electrons. The zero-order valence-corrected chi connectivity index (χ0v) is 12.5. The molecular weight excluding hydrogens is 302 g/mol. The van der Waals surface area contributed by atoms with Crippen LogP contribution in [0.25, 0.3) is 0 Å². The van der Waals surface area contributed by atoms with E-state index in [1.54, 1.807) is 24.4 Å². The molecule has 1 aliphatic rings. The Kier molecular flexibility index (Phi) is 4.97. The van der Waals surface area contributed by atoms with Gasteiger partial charge in [-0.3, -0.25) is 4.90 Å². The number of likely N-dealkylation sites (tertiary alicyclic amines) is 1. The lowest BCUT2D eigenvalue weighted by atomic mass is 10.2. The van der Waals surface area contributed by atoms with E-state index in [-0.39, 0.29) is 5.75 Å². The van der Waals surface area contributed by atoms with Gasteiger partial charge >= 0.3 is 6.61 Å². The molecule has 5 nitrogen and oxygen atoms in total. The zero-order chi connectivity index (χ0) is 16.1. The number of anilines is 1. The van der Waals surface area contributed by atoms with Gasteiger partial charge in [-0.1, -0.05) is 12.1 Å². The van der Waals surface area contributed by atoms with Gasteiger partial charge in [0.15, 0.2) is 0 Å². The fourth-order valence-electron chi connectivity index (χ4n) is 2.76. The molecule has 3 rings (SSSR count). The minimum absolute atomic E-state index is 0.201. The smallest absolute Gasteiger partial charge is 0.387 e. The molecule has 2 heterocycles. The number of nitrogens with one attached hydrogen (secondary N) is 1. The maximum Gasteiger partial charge on any atom is 0.387 e. The molecule has 1 atom stereocenters. The van der Waals surface area contributed by atoms with Gasteiger partial charge in [0.05, 0.1) is 0 Å². The Morgan fingerprint density at radius 3 is 3.04 bits per heavy atom. The van der Waals surface area contributed by atoms with Crippen LogP contribution in [-0.4, -0.2) is 40.6 Å². The lowest BCUT2D eigenvalue weighted by Gasteiger charge is -2.17. The van der Waals surface area contributed by atoms with E-state index in [4.69, 9.17) is 0 Å². The average Bonchev–Trinajstić information content (AvgIpc) is 2.95. The Hall–Kier alpha value is -2.28. The largest absolute Gasteiger partial charge is 0.435 e. The minimum Gasteiger partial charge on any atom is -0.435 e. The average molecular weight is 320 g/mol. The standard InChI is InChI=1S/C16H18F2N4O/c17-16(18)23-14-3-1-2-12(8-14)9-22-7-5-13(10-22)21-15-4-6-19-11-20-15/h1-4,6,8,11,13,16H,5,7,9-10H2,(H,19,20,21). The molecule has 2 aromatic rings. The predicted molar refractivity (Wildman–Crippen MR) is 82.4 cm³/mol. The first-order valence-corrected chi connectivity index (χ1v) is 7.48. The fraction of sp³-hybridized carbons (Fsp3) is 0.375. The Balaban J connectivity index is 1.53. The molecule has 1 saturated heterocycles. The molecule has 0 aliphatic carbocycles. The Bertz CT molecular complexity index is 626. The highest BCUT2D eigenvalue weighted by molar-refractivity contribution is 5.33. The van der Waals surface area contributed by atoms with Crippen molar-refractivity contribution in [3.63, 3.8) is 0 Å². The minimum atomic E-state index is -2.79. The number of nitrogens with zero attached hydrogens (tertiary/aromatic N) is 3. The van der Waals surface area contributed by atoms with Gasteiger partial charge in [0.1, 0.15) is 17.9 Å². The summed E-state index contributed by atoms with van der Waals surface area (Å²) in [6, 6.07) is 9.03. The van der Waals surface area contributed by atoms with Gasteiger partial charge in [0.2, 0.25) is 0 Å². The van der Waals surface area contributed by atoms with Crippen LogP contribution in [0.15, 0.2) is 42.9 Å². The quantitative estimate of drug-likeness (QED) is 0.887.